The van der Waals surface area contributed by atoms with Crippen molar-refractivity contribution in [1.82, 2.24) is 9.62 Å². The van der Waals surface area contributed by atoms with Gasteiger partial charge in [-0.25, -0.2) is 13.1 Å². The fourth-order valence-corrected chi connectivity index (χ4v) is 4.89. The van der Waals surface area contributed by atoms with E-state index >= 15 is 0 Å². The number of nitrogens with one attached hydrogen (secondary N) is 1. The van der Waals surface area contributed by atoms with Crippen LogP contribution in [0.15, 0.2) is 29.2 Å². The number of ether oxygens (including phenoxy) is 2. The lowest BCUT2D eigenvalue weighted by molar-refractivity contribution is -0.0201. The van der Waals surface area contributed by atoms with Crippen LogP contribution < -0.4 is 9.46 Å². The van der Waals surface area contributed by atoms with Gasteiger partial charge in [0.1, 0.15) is 18.0 Å². The molecule has 0 spiro atoms. The van der Waals surface area contributed by atoms with Gasteiger partial charge in [0.2, 0.25) is 10.0 Å². The number of rotatable bonds is 7. The van der Waals surface area contributed by atoms with E-state index in [1.165, 1.54) is 19.2 Å². The maximum Gasteiger partial charge on any atom is 0.240 e. The van der Waals surface area contributed by atoms with Crippen LogP contribution in [0.5, 0.6) is 5.75 Å². The van der Waals surface area contributed by atoms with Crippen LogP contribution in [0, 0.1) is 0 Å². The normalized spacial score (nSPS) is 29.7. The molecule has 0 radical (unpaired) electrons. The highest BCUT2D eigenvalue weighted by molar-refractivity contribution is 7.89. The highest BCUT2D eigenvalue weighted by atomic mass is 32.2. The van der Waals surface area contributed by atoms with Crippen molar-refractivity contribution in [3.05, 3.63) is 24.3 Å². The Bertz CT molecular complexity index is 705. The van der Waals surface area contributed by atoms with Crippen LogP contribution in [-0.2, 0) is 14.8 Å². The molecule has 2 fully saturated rings. The van der Waals surface area contributed by atoms with Crippen LogP contribution in [0.25, 0.3) is 0 Å². The molecule has 4 atom stereocenters. The highest BCUT2D eigenvalue weighted by Crippen LogP contribution is 2.28. The Hall–Kier alpha value is -1.23. The summed E-state index contributed by atoms with van der Waals surface area (Å²) < 4.78 is 38.5. The fourth-order valence-electron chi connectivity index (χ4n) is 3.84. The SMILES string of the molecule is COc1ccc(S(=O)(=O)NC[C@@H]2O[C@@H](CO)[C@@H](O)[C@H]2N2CCCCC2)cc1. The van der Waals surface area contributed by atoms with E-state index < -0.39 is 28.3 Å². The molecule has 0 unspecified atom stereocenters. The van der Waals surface area contributed by atoms with Crippen LogP contribution >= 0.6 is 0 Å². The molecule has 0 aromatic heterocycles. The molecule has 0 aliphatic carbocycles. The van der Waals surface area contributed by atoms with Crippen LogP contribution in [0.4, 0.5) is 0 Å². The molecule has 3 rings (SSSR count). The molecule has 0 amide bonds. The van der Waals surface area contributed by atoms with Gasteiger partial charge in [0.25, 0.3) is 0 Å². The summed E-state index contributed by atoms with van der Waals surface area (Å²) in [7, 11) is -2.20. The van der Waals surface area contributed by atoms with E-state index in [9.17, 15) is 18.6 Å². The highest BCUT2D eigenvalue weighted by Gasteiger charge is 2.46. The Labute approximate surface area is 160 Å². The standard InChI is InChI=1S/C18H28N2O6S/c1-25-13-5-7-14(8-6-13)27(23,24)19-11-15-17(18(22)16(12-21)26-15)20-9-3-2-4-10-20/h5-8,15-19,21-22H,2-4,9-12H2,1H3/t15-,16-,17-,18+/m0/s1. The number of hydrogen-bond acceptors (Lipinski definition) is 7. The summed E-state index contributed by atoms with van der Waals surface area (Å²) in [5.41, 5.74) is 0. The maximum atomic E-state index is 12.6. The number of likely N-dealkylation sites (tertiary alicyclic amines) is 1. The molecule has 9 heteroatoms. The Balaban J connectivity index is 1.69. The fraction of sp³-hybridized carbons (Fsp3) is 0.667. The summed E-state index contributed by atoms with van der Waals surface area (Å²) >= 11 is 0. The molecule has 27 heavy (non-hydrogen) atoms. The average Bonchev–Trinajstić information content (AvgIpc) is 3.02. The second-order valence-electron chi connectivity index (χ2n) is 7.00. The number of aliphatic hydroxyl groups is 2. The Morgan fingerprint density at radius 1 is 1.19 bits per heavy atom. The van der Waals surface area contributed by atoms with Crippen LogP contribution in [0.1, 0.15) is 19.3 Å². The second-order valence-corrected chi connectivity index (χ2v) is 8.77. The summed E-state index contributed by atoms with van der Waals surface area (Å²) in [6, 6.07) is 5.79. The number of aliphatic hydroxyl groups excluding tert-OH is 2. The summed E-state index contributed by atoms with van der Waals surface area (Å²) in [5.74, 6) is 0.576. The number of piperidine rings is 1. The number of sulfonamides is 1. The first-order valence-electron chi connectivity index (χ1n) is 9.28. The van der Waals surface area contributed by atoms with Crippen molar-refractivity contribution in [2.45, 2.75) is 48.5 Å². The first-order valence-corrected chi connectivity index (χ1v) is 10.8. The van der Waals surface area contributed by atoms with E-state index in [0.717, 1.165) is 32.4 Å². The molecule has 8 nitrogen and oxygen atoms in total. The van der Waals surface area contributed by atoms with Crippen LogP contribution in [0.3, 0.4) is 0 Å². The number of nitrogens with zero attached hydrogens (tertiary/aromatic N) is 1. The first kappa shape index (κ1) is 20.5. The molecule has 2 heterocycles. The van der Waals surface area contributed by atoms with Gasteiger partial charge in [0.15, 0.2) is 0 Å². The Morgan fingerprint density at radius 2 is 1.85 bits per heavy atom. The minimum atomic E-state index is -3.72. The van der Waals surface area contributed by atoms with Crippen LogP contribution in [-0.4, -0.2) is 81.2 Å². The van der Waals surface area contributed by atoms with Crippen molar-refractivity contribution < 1.29 is 28.1 Å². The molecular weight excluding hydrogens is 372 g/mol. The summed E-state index contributed by atoms with van der Waals surface area (Å²) in [5, 5.41) is 20.0. The average molecular weight is 400 g/mol. The molecule has 152 valence electrons. The molecule has 0 bridgehead atoms. The lowest BCUT2D eigenvalue weighted by atomic mass is 9.99. The quantitative estimate of drug-likeness (QED) is 0.589. The van der Waals surface area contributed by atoms with Gasteiger partial charge in [0, 0.05) is 6.54 Å². The number of hydrogen-bond donors (Lipinski definition) is 3. The van der Waals surface area contributed by atoms with Gasteiger partial charge < -0.3 is 19.7 Å². The van der Waals surface area contributed by atoms with Gasteiger partial charge in [-0.1, -0.05) is 6.42 Å². The maximum absolute atomic E-state index is 12.6. The summed E-state index contributed by atoms with van der Waals surface area (Å²) in [4.78, 5) is 2.28. The van der Waals surface area contributed by atoms with Gasteiger partial charge in [-0.2, -0.15) is 0 Å². The first-order chi connectivity index (χ1) is 13.0. The molecule has 1 aromatic rings. The zero-order valence-corrected chi connectivity index (χ0v) is 16.3. The third kappa shape index (κ3) is 4.61. The third-order valence-electron chi connectivity index (χ3n) is 5.30. The zero-order valence-electron chi connectivity index (χ0n) is 15.5. The number of methoxy groups -OCH3 is 1. The van der Waals surface area contributed by atoms with Gasteiger partial charge in [-0.05, 0) is 50.2 Å². The second kappa shape index (κ2) is 8.85. The summed E-state index contributed by atoms with van der Waals surface area (Å²) in [6.45, 7) is 1.41. The van der Waals surface area contributed by atoms with Crippen molar-refractivity contribution in [2.75, 3.05) is 33.4 Å². The molecule has 3 N–H and O–H groups in total. The van der Waals surface area contributed by atoms with Crippen molar-refractivity contribution in [1.29, 1.82) is 0 Å². The lowest BCUT2D eigenvalue weighted by Gasteiger charge is -2.36. The zero-order chi connectivity index (χ0) is 19.4. The molecule has 2 aliphatic heterocycles. The van der Waals surface area contributed by atoms with Gasteiger partial charge in [0.05, 0.1) is 30.8 Å². The third-order valence-corrected chi connectivity index (χ3v) is 6.74. The smallest absolute Gasteiger partial charge is 0.240 e. The molecular formula is C18H28N2O6S. The van der Waals surface area contributed by atoms with Crippen molar-refractivity contribution >= 4 is 10.0 Å². The van der Waals surface area contributed by atoms with Crippen molar-refractivity contribution in [2.24, 2.45) is 0 Å². The van der Waals surface area contributed by atoms with E-state index in [4.69, 9.17) is 9.47 Å². The Morgan fingerprint density at radius 3 is 2.44 bits per heavy atom. The molecule has 2 saturated heterocycles. The topological polar surface area (TPSA) is 108 Å². The minimum absolute atomic E-state index is 0.0308. The lowest BCUT2D eigenvalue weighted by Crippen LogP contribution is -2.52. The molecule has 0 saturated carbocycles. The molecule has 2 aliphatic rings. The van der Waals surface area contributed by atoms with Gasteiger partial charge in [-0.15, -0.1) is 0 Å². The summed E-state index contributed by atoms with van der Waals surface area (Å²) in [6.07, 6.45) is 1.16. The Kier molecular flexibility index (Phi) is 6.72. The predicted molar refractivity (Wildman–Crippen MR) is 99.1 cm³/mol. The van der Waals surface area contributed by atoms with E-state index in [0.29, 0.717) is 5.75 Å². The van der Waals surface area contributed by atoms with Crippen molar-refractivity contribution in [3.63, 3.8) is 0 Å². The predicted octanol–water partition coefficient (Wildman–Crippen LogP) is -0.0514. The number of benzene rings is 1. The largest absolute Gasteiger partial charge is 0.497 e. The van der Waals surface area contributed by atoms with Gasteiger partial charge >= 0.3 is 0 Å². The van der Waals surface area contributed by atoms with E-state index in [1.807, 2.05) is 0 Å². The van der Waals surface area contributed by atoms with E-state index in [1.54, 1.807) is 12.1 Å². The van der Waals surface area contributed by atoms with E-state index in [2.05, 4.69) is 9.62 Å². The van der Waals surface area contributed by atoms with Crippen molar-refractivity contribution in [3.8, 4) is 5.75 Å². The van der Waals surface area contributed by atoms with Crippen LogP contribution in [0.2, 0.25) is 0 Å². The minimum Gasteiger partial charge on any atom is -0.497 e. The van der Waals surface area contributed by atoms with Gasteiger partial charge in [-0.3, -0.25) is 4.90 Å². The van der Waals surface area contributed by atoms with E-state index in [-0.39, 0.29) is 24.1 Å². The molecule has 1 aromatic carbocycles. The monoisotopic (exact) mass is 400 g/mol.